The summed E-state index contributed by atoms with van der Waals surface area (Å²) in [5.41, 5.74) is -0.181. The molecule has 8 heteroatoms. The summed E-state index contributed by atoms with van der Waals surface area (Å²) in [6.07, 6.45) is 0.231. The van der Waals surface area contributed by atoms with Crippen LogP contribution in [-0.4, -0.2) is 56.0 Å². The molecule has 0 aromatic heterocycles. The lowest BCUT2D eigenvalue weighted by Crippen LogP contribution is -2.46. The van der Waals surface area contributed by atoms with Crippen molar-refractivity contribution in [2.24, 2.45) is 0 Å². The number of imide groups is 1. The van der Waals surface area contributed by atoms with Gasteiger partial charge in [-0.3, -0.25) is 14.5 Å². The van der Waals surface area contributed by atoms with Crippen molar-refractivity contribution >= 4 is 17.7 Å². The largest absolute Gasteiger partial charge is 0.497 e. The molecule has 8 nitrogen and oxygen atoms in total. The lowest BCUT2D eigenvalue weighted by atomic mass is 9.92. The Balaban J connectivity index is 1.82. The predicted molar refractivity (Wildman–Crippen MR) is 109 cm³/mol. The van der Waals surface area contributed by atoms with E-state index in [1.165, 1.54) is 20.3 Å². The molecule has 1 fully saturated rings. The molecule has 158 valence electrons. The minimum atomic E-state index is -1.19. The second kappa shape index (κ2) is 8.44. The molecule has 1 saturated heterocycles. The number of nitrogens with zero attached hydrogens (tertiary/aromatic N) is 1. The van der Waals surface area contributed by atoms with Crippen molar-refractivity contribution in [2.45, 2.75) is 18.9 Å². The molecular formula is C22H24N2O6. The molecule has 3 rings (SSSR count). The summed E-state index contributed by atoms with van der Waals surface area (Å²) in [6.45, 7) is 1.23. The van der Waals surface area contributed by atoms with Crippen molar-refractivity contribution in [2.75, 3.05) is 27.9 Å². The molecule has 0 bridgehead atoms. The third-order valence-corrected chi connectivity index (χ3v) is 5.09. The molecule has 30 heavy (non-hydrogen) atoms. The molecule has 2 aromatic rings. The van der Waals surface area contributed by atoms with E-state index in [1.54, 1.807) is 32.2 Å². The molecule has 1 N–H and O–H groups in total. The van der Waals surface area contributed by atoms with Crippen LogP contribution < -0.4 is 19.5 Å². The Bertz CT molecular complexity index is 989. The average Bonchev–Trinajstić information content (AvgIpc) is 2.96. The van der Waals surface area contributed by atoms with Crippen molar-refractivity contribution in [1.82, 2.24) is 10.2 Å². The Morgan fingerprint density at radius 1 is 1.00 bits per heavy atom. The van der Waals surface area contributed by atoms with Gasteiger partial charge < -0.3 is 19.5 Å². The number of Topliss-reactive ketones (excluding diaryl/α,β-unsaturated/α-hetero) is 1. The highest BCUT2D eigenvalue weighted by Gasteiger charge is 2.48. The quantitative estimate of drug-likeness (QED) is 0.529. The number of para-hydroxylation sites is 1. The fourth-order valence-corrected chi connectivity index (χ4v) is 3.50. The minimum absolute atomic E-state index is 0.231. The Morgan fingerprint density at radius 3 is 2.37 bits per heavy atom. The molecule has 0 saturated carbocycles. The Hall–Kier alpha value is -3.55. The molecule has 3 amide bonds. The van der Waals surface area contributed by atoms with Gasteiger partial charge in [0.2, 0.25) is 0 Å². The molecular weight excluding hydrogens is 388 g/mol. The maximum absolute atomic E-state index is 13.1. The summed E-state index contributed by atoms with van der Waals surface area (Å²) < 4.78 is 15.7. The van der Waals surface area contributed by atoms with E-state index >= 15 is 0 Å². The highest BCUT2D eigenvalue weighted by atomic mass is 16.5. The van der Waals surface area contributed by atoms with Crippen LogP contribution >= 0.6 is 0 Å². The van der Waals surface area contributed by atoms with Gasteiger partial charge in [-0.1, -0.05) is 18.2 Å². The highest BCUT2D eigenvalue weighted by molar-refractivity contribution is 6.11. The van der Waals surface area contributed by atoms with Crippen LogP contribution in [0, 0.1) is 0 Å². The van der Waals surface area contributed by atoms with Gasteiger partial charge in [0, 0.05) is 6.42 Å². The van der Waals surface area contributed by atoms with Crippen LogP contribution in [0.4, 0.5) is 4.79 Å². The summed E-state index contributed by atoms with van der Waals surface area (Å²) in [5, 5.41) is 2.71. The number of carbonyl (C=O) groups excluding carboxylic acids is 3. The van der Waals surface area contributed by atoms with Crippen LogP contribution in [0.25, 0.3) is 0 Å². The molecule has 0 unspecified atom stereocenters. The number of nitrogens with one attached hydrogen (secondary N) is 1. The van der Waals surface area contributed by atoms with Gasteiger partial charge in [0.25, 0.3) is 5.91 Å². The fraction of sp³-hybridized carbons (Fsp3) is 0.318. The second-order valence-corrected chi connectivity index (χ2v) is 7.13. The van der Waals surface area contributed by atoms with Gasteiger partial charge in [0.05, 0.1) is 33.4 Å². The number of benzene rings is 2. The Morgan fingerprint density at radius 2 is 1.70 bits per heavy atom. The van der Waals surface area contributed by atoms with Gasteiger partial charge in [-0.25, -0.2) is 4.79 Å². The first-order chi connectivity index (χ1) is 14.3. The zero-order valence-electron chi connectivity index (χ0n) is 17.4. The first-order valence-electron chi connectivity index (χ1n) is 9.34. The standard InChI is InChI=1S/C22H24N2O6/c1-22(12-14-7-5-6-8-18(14)29-3)20(26)24(21(27)23-22)13-17(25)16-11-15(28-2)9-10-19(16)30-4/h5-11H,12-13H2,1-4H3,(H,23,27)/t22-/m1/s1. The van der Waals surface area contributed by atoms with E-state index in [9.17, 15) is 14.4 Å². The average molecular weight is 412 g/mol. The van der Waals surface area contributed by atoms with E-state index in [1.807, 2.05) is 18.2 Å². The van der Waals surface area contributed by atoms with Crippen molar-refractivity contribution in [3.63, 3.8) is 0 Å². The topological polar surface area (TPSA) is 94.2 Å². The molecule has 2 aromatic carbocycles. The number of rotatable bonds is 8. The van der Waals surface area contributed by atoms with Crippen molar-refractivity contribution in [3.05, 3.63) is 53.6 Å². The van der Waals surface area contributed by atoms with Crippen molar-refractivity contribution in [3.8, 4) is 17.2 Å². The number of ether oxygens (including phenoxy) is 3. The number of carbonyl (C=O) groups is 3. The first kappa shape index (κ1) is 21.2. The molecule has 0 aliphatic carbocycles. The number of hydrogen-bond acceptors (Lipinski definition) is 6. The molecule has 0 spiro atoms. The smallest absolute Gasteiger partial charge is 0.325 e. The zero-order chi connectivity index (χ0) is 21.9. The van der Waals surface area contributed by atoms with Crippen LogP contribution in [0.15, 0.2) is 42.5 Å². The van der Waals surface area contributed by atoms with E-state index in [0.717, 1.165) is 10.5 Å². The molecule has 1 aliphatic rings. The number of methoxy groups -OCH3 is 3. The fourth-order valence-electron chi connectivity index (χ4n) is 3.50. The summed E-state index contributed by atoms with van der Waals surface area (Å²) in [5.74, 6) is 0.517. The summed E-state index contributed by atoms with van der Waals surface area (Å²) in [6, 6.07) is 11.4. The second-order valence-electron chi connectivity index (χ2n) is 7.13. The number of hydrogen-bond donors (Lipinski definition) is 1. The maximum atomic E-state index is 13.1. The molecule has 1 aliphatic heterocycles. The normalized spacial score (nSPS) is 18.2. The van der Waals surface area contributed by atoms with Crippen LogP contribution in [0.1, 0.15) is 22.8 Å². The van der Waals surface area contributed by atoms with Gasteiger partial charge in [-0.05, 0) is 36.8 Å². The Labute approximate surface area is 174 Å². The maximum Gasteiger partial charge on any atom is 0.325 e. The lowest BCUT2D eigenvalue weighted by molar-refractivity contribution is -0.130. The van der Waals surface area contributed by atoms with Gasteiger partial charge in [0.15, 0.2) is 5.78 Å². The van der Waals surface area contributed by atoms with E-state index in [2.05, 4.69) is 5.32 Å². The van der Waals surface area contributed by atoms with Gasteiger partial charge in [-0.2, -0.15) is 0 Å². The van der Waals surface area contributed by atoms with Crippen molar-refractivity contribution in [1.29, 1.82) is 0 Å². The van der Waals surface area contributed by atoms with Gasteiger partial charge in [0.1, 0.15) is 22.8 Å². The SMILES string of the molecule is COc1ccc(OC)c(C(=O)CN2C(=O)N[C@](C)(Cc3ccccc3OC)C2=O)c1. The van der Waals surface area contributed by atoms with E-state index in [4.69, 9.17) is 14.2 Å². The Kier molecular flexibility index (Phi) is 5.96. The van der Waals surface area contributed by atoms with Crippen LogP contribution in [-0.2, 0) is 11.2 Å². The third-order valence-electron chi connectivity index (χ3n) is 5.09. The lowest BCUT2D eigenvalue weighted by Gasteiger charge is -2.22. The third kappa shape index (κ3) is 3.94. The van der Waals surface area contributed by atoms with Crippen LogP contribution in [0.3, 0.4) is 0 Å². The van der Waals surface area contributed by atoms with E-state index in [0.29, 0.717) is 17.2 Å². The van der Waals surface area contributed by atoms with E-state index < -0.39 is 29.8 Å². The summed E-state index contributed by atoms with van der Waals surface area (Å²) >= 11 is 0. The molecule has 1 atom stereocenters. The van der Waals surface area contributed by atoms with Crippen molar-refractivity contribution < 1.29 is 28.6 Å². The molecule has 1 heterocycles. The highest BCUT2D eigenvalue weighted by Crippen LogP contribution is 2.29. The van der Waals surface area contributed by atoms with Gasteiger partial charge >= 0.3 is 6.03 Å². The van der Waals surface area contributed by atoms with E-state index in [-0.39, 0.29) is 12.0 Å². The number of amides is 3. The zero-order valence-corrected chi connectivity index (χ0v) is 17.4. The van der Waals surface area contributed by atoms with Gasteiger partial charge in [-0.15, -0.1) is 0 Å². The number of urea groups is 1. The first-order valence-corrected chi connectivity index (χ1v) is 9.34. The van der Waals surface area contributed by atoms with Crippen LogP contribution in [0.2, 0.25) is 0 Å². The monoisotopic (exact) mass is 412 g/mol. The molecule has 0 radical (unpaired) electrons. The summed E-state index contributed by atoms with van der Waals surface area (Å²) in [7, 11) is 4.47. The number of ketones is 1. The minimum Gasteiger partial charge on any atom is -0.497 e. The summed E-state index contributed by atoms with van der Waals surface area (Å²) in [4.78, 5) is 39.4. The predicted octanol–water partition coefficient (Wildman–Crippen LogP) is 2.45. The van der Waals surface area contributed by atoms with Crippen LogP contribution in [0.5, 0.6) is 17.2 Å².